The second-order valence-electron chi connectivity index (χ2n) is 6.39. The molecule has 7 heteroatoms. The quantitative estimate of drug-likeness (QED) is 0.451. The first kappa shape index (κ1) is 18.1. The lowest BCUT2D eigenvalue weighted by Gasteiger charge is -2.05. The largest absolute Gasteiger partial charge is 0.395 e. The molecule has 0 amide bonds. The Morgan fingerprint density at radius 1 is 1.11 bits per heavy atom. The first-order valence-electron chi connectivity index (χ1n) is 8.95. The molecular weight excluding hydrogens is 359 g/mol. The number of para-hydroxylation sites is 1. The third kappa shape index (κ3) is 3.45. The summed E-state index contributed by atoms with van der Waals surface area (Å²) in [6, 6.07) is 17.4. The van der Waals surface area contributed by atoms with E-state index in [0.29, 0.717) is 35.6 Å². The summed E-state index contributed by atoms with van der Waals surface area (Å²) in [5.74, 6) is -0.353. The van der Waals surface area contributed by atoms with Crippen LogP contribution < -0.4 is 10.9 Å². The van der Waals surface area contributed by atoms with Crippen LogP contribution in [0.15, 0.2) is 65.5 Å². The number of aromatic nitrogens is 3. The Balaban J connectivity index is 1.94. The summed E-state index contributed by atoms with van der Waals surface area (Å²) in [7, 11) is 0. The zero-order valence-corrected chi connectivity index (χ0v) is 15.0. The Labute approximate surface area is 160 Å². The van der Waals surface area contributed by atoms with E-state index in [1.165, 1.54) is 12.1 Å². The molecule has 0 saturated carbocycles. The molecule has 4 rings (SSSR count). The van der Waals surface area contributed by atoms with E-state index in [0.717, 1.165) is 11.1 Å². The number of nitrogens with zero attached hydrogens (tertiary/aromatic N) is 2. The SMILES string of the molecule is O=c1[nH]c2c(cc1CNCCO)c(-c1cccc(F)c1)nn2-c1ccccc1. The molecule has 0 radical (unpaired) electrons. The number of aromatic amines is 1. The van der Waals surface area contributed by atoms with Crippen molar-refractivity contribution < 1.29 is 9.50 Å². The Morgan fingerprint density at radius 3 is 2.68 bits per heavy atom. The molecule has 0 spiro atoms. The van der Waals surface area contributed by atoms with Crippen LogP contribution in [-0.4, -0.2) is 33.0 Å². The molecule has 0 aliphatic rings. The molecule has 2 aromatic carbocycles. The first-order chi connectivity index (χ1) is 13.7. The van der Waals surface area contributed by atoms with E-state index in [4.69, 9.17) is 5.11 Å². The van der Waals surface area contributed by atoms with E-state index in [9.17, 15) is 9.18 Å². The maximum atomic E-state index is 13.8. The number of rotatable bonds is 6. The van der Waals surface area contributed by atoms with Crippen LogP contribution in [0.2, 0.25) is 0 Å². The van der Waals surface area contributed by atoms with Crippen molar-refractivity contribution in [1.82, 2.24) is 20.1 Å². The molecule has 6 nitrogen and oxygen atoms in total. The Bertz CT molecular complexity index is 1170. The van der Waals surface area contributed by atoms with Crippen molar-refractivity contribution in [1.29, 1.82) is 0 Å². The molecule has 0 fully saturated rings. The molecule has 0 atom stereocenters. The first-order valence-corrected chi connectivity index (χ1v) is 8.95. The Morgan fingerprint density at radius 2 is 1.93 bits per heavy atom. The molecule has 0 bridgehead atoms. The van der Waals surface area contributed by atoms with Gasteiger partial charge in [0, 0.05) is 29.6 Å². The average molecular weight is 378 g/mol. The third-order valence-corrected chi connectivity index (χ3v) is 4.47. The lowest BCUT2D eigenvalue weighted by atomic mass is 10.1. The van der Waals surface area contributed by atoms with Gasteiger partial charge in [-0.2, -0.15) is 5.10 Å². The zero-order valence-electron chi connectivity index (χ0n) is 15.0. The highest BCUT2D eigenvalue weighted by molar-refractivity contribution is 5.92. The summed E-state index contributed by atoms with van der Waals surface area (Å²) in [5.41, 5.74) is 2.82. The molecule has 2 aromatic heterocycles. The summed E-state index contributed by atoms with van der Waals surface area (Å²) >= 11 is 0. The van der Waals surface area contributed by atoms with Crippen molar-refractivity contribution in [2.45, 2.75) is 6.54 Å². The maximum absolute atomic E-state index is 13.8. The molecular formula is C21H19FN4O2. The van der Waals surface area contributed by atoms with Gasteiger partial charge in [-0.1, -0.05) is 30.3 Å². The van der Waals surface area contributed by atoms with E-state index < -0.39 is 0 Å². The van der Waals surface area contributed by atoms with Gasteiger partial charge in [0.1, 0.15) is 17.2 Å². The number of benzene rings is 2. The summed E-state index contributed by atoms with van der Waals surface area (Å²) in [6.07, 6.45) is 0. The number of aliphatic hydroxyl groups excluding tert-OH is 1. The number of halogens is 1. The zero-order chi connectivity index (χ0) is 19.5. The third-order valence-electron chi connectivity index (χ3n) is 4.47. The normalized spacial score (nSPS) is 11.2. The molecule has 142 valence electrons. The van der Waals surface area contributed by atoms with Crippen LogP contribution in [0.1, 0.15) is 5.56 Å². The van der Waals surface area contributed by atoms with Crippen LogP contribution in [0.3, 0.4) is 0 Å². The summed E-state index contributed by atoms with van der Waals surface area (Å²) in [4.78, 5) is 15.5. The number of fused-ring (bicyclic) bond motifs is 1. The molecule has 4 aromatic rings. The van der Waals surface area contributed by atoms with Crippen LogP contribution in [0.4, 0.5) is 4.39 Å². The average Bonchev–Trinajstić information content (AvgIpc) is 3.07. The smallest absolute Gasteiger partial charge is 0.254 e. The molecule has 0 unspecified atom stereocenters. The van der Waals surface area contributed by atoms with Crippen molar-refractivity contribution in [3.05, 3.63) is 82.4 Å². The van der Waals surface area contributed by atoms with Crippen LogP contribution >= 0.6 is 0 Å². The number of aliphatic hydroxyl groups is 1. The van der Waals surface area contributed by atoms with E-state index >= 15 is 0 Å². The second-order valence-corrected chi connectivity index (χ2v) is 6.39. The fraction of sp³-hybridized carbons (Fsp3) is 0.143. The highest BCUT2D eigenvalue weighted by atomic mass is 19.1. The lowest BCUT2D eigenvalue weighted by molar-refractivity contribution is 0.292. The van der Waals surface area contributed by atoms with Gasteiger partial charge in [-0.15, -0.1) is 0 Å². The van der Waals surface area contributed by atoms with Gasteiger partial charge in [-0.05, 0) is 30.3 Å². The summed E-state index contributed by atoms with van der Waals surface area (Å²) < 4.78 is 15.5. The highest BCUT2D eigenvalue weighted by Gasteiger charge is 2.17. The second kappa shape index (κ2) is 7.75. The van der Waals surface area contributed by atoms with Gasteiger partial charge >= 0.3 is 0 Å². The van der Waals surface area contributed by atoms with Crippen molar-refractivity contribution in [2.24, 2.45) is 0 Å². The van der Waals surface area contributed by atoms with Crippen molar-refractivity contribution in [3.63, 3.8) is 0 Å². The number of hydrogen-bond acceptors (Lipinski definition) is 4. The van der Waals surface area contributed by atoms with Crippen LogP contribution in [0.25, 0.3) is 28.0 Å². The molecule has 0 saturated heterocycles. The number of hydrogen-bond donors (Lipinski definition) is 3. The fourth-order valence-corrected chi connectivity index (χ4v) is 3.15. The summed E-state index contributed by atoms with van der Waals surface area (Å²) in [5, 5.41) is 17.3. The van der Waals surface area contributed by atoms with E-state index in [1.54, 1.807) is 22.9 Å². The van der Waals surface area contributed by atoms with Crippen LogP contribution in [0.5, 0.6) is 0 Å². The van der Waals surface area contributed by atoms with Crippen molar-refractivity contribution in [3.8, 4) is 16.9 Å². The fourth-order valence-electron chi connectivity index (χ4n) is 3.15. The lowest BCUT2D eigenvalue weighted by Crippen LogP contribution is -2.23. The van der Waals surface area contributed by atoms with Gasteiger partial charge in [-0.25, -0.2) is 9.07 Å². The maximum Gasteiger partial charge on any atom is 0.254 e. The molecule has 0 aliphatic carbocycles. The Hall–Kier alpha value is -3.29. The van der Waals surface area contributed by atoms with E-state index in [1.807, 2.05) is 30.3 Å². The van der Waals surface area contributed by atoms with Gasteiger partial charge in [-0.3, -0.25) is 4.79 Å². The number of nitrogens with one attached hydrogen (secondary N) is 2. The molecule has 3 N–H and O–H groups in total. The van der Waals surface area contributed by atoms with Gasteiger partial charge in [0.2, 0.25) is 0 Å². The van der Waals surface area contributed by atoms with Gasteiger partial charge < -0.3 is 15.4 Å². The van der Waals surface area contributed by atoms with Gasteiger partial charge in [0.25, 0.3) is 5.56 Å². The van der Waals surface area contributed by atoms with Crippen molar-refractivity contribution in [2.75, 3.05) is 13.2 Å². The number of pyridine rings is 1. The van der Waals surface area contributed by atoms with E-state index in [-0.39, 0.29) is 18.0 Å². The minimum Gasteiger partial charge on any atom is -0.395 e. The Kier molecular flexibility index (Phi) is 5.01. The van der Waals surface area contributed by atoms with Crippen LogP contribution in [0, 0.1) is 5.82 Å². The highest BCUT2D eigenvalue weighted by Crippen LogP contribution is 2.29. The van der Waals surface area contributed by atoms with Gasteiger partial charge in [0.15, 0.2) is 0 Å². The predicted molar refractivity (Wildman–Crippen MR) is 106 cm³/mol. The van der Waals surface area contributed by atoms with Crippen LogP contribution in [-0.2, 0) is 6.54 Å². The molecule has 0 aliphatic heterocycles. The predicted octanol–water partition coefficient (Wildman–Crippen LogP) is 2.60. The number of H-pyrrole nitrogens is 1. The van der Waals surface area contributed by atoms with Gasteiger partial charge in [0.05, 0.1) is 12.3 Å². The summed E-state index contributed by atoms with van der Waals surface area (Å²) in [6.45, 7) is 0.684. The standard InChI is InChI=1S/C21H19FN4O2/c22-16-6-4-5-14(11-16)19-18-12-15(13-23-9-10-27)21(28)24-20(18)26(25-19)17-7-2-1-3-8-17/h1-8,11-12,23,27H,9-10,13H2,(H,24,28). The molecule has 28 heavy (non-hydrogen) atoms. The minimum absolute atomic E-state index is 0.0133. The topological polar surface area (TPSA) is 82.9 Å². The monoisotopic (exact) mass is 378 g/mol. The van der Waals surface area contributed by atoms with E-state index in [2.05, 4.69) is 15.4 Å². The van der Waals surface area contributed by atoms with Crippen molar-refractivity contribution >= 4 is 11.0 Å². The molecule has 2 heterocycles. The minimum atomic E-state index is -0.353.